The molecule has 4 rings (SSSR count). The highest BCUT2D eigenvalue weighted by Gasteiger charge is 2.33. The number of ether oxygens (including phenoxy) is 1. The third-order valence-electron chi connectivity index (χ3n) is 7.11. The quantitative estimate of drug-likeness (QED) is 0.356. The smallest absolute Gasteiger partial charge is 0.410 e. The normalized spacial score (nSPS) is 15.7. The van der Waals surface area contributed by atoms with Crippen molar-refractivity contribution in [3.05, 3.63) is 52.0 Å². The summed E-state index contributed by atoms with van der Waals surface area (Å²) in [6.07, 6.45) is -0.463. The van der Waals surface area contributed by atoms with E-state index < -0.39 is 46.0 Å². The first-order chi connectivity index (χ1) is 20.0. The molecule has 0 radical (unpaired) electrons. The van der Waals surface area contributed by atoms with Gasteiger partial charge in [0.25, 0.3) is 0 Å². The number of nitrogens with one attached hydrogen (secondary N) is 1. The van der Waals surface area contributed by atoms with Crippen LogP contribution in [0.2, 0.25) is 0 Å². The van der Waals surface area contributed by atoms with Crippen LogP contribution in [0.15, 0.2) is 34.6 Å². The first kappa shape index (κ1) is 31.6. The molecule has 0 unspecified atom stereocenters. The number of aromatic hydroxyl groups is 1. The Morgan fingerprint density at radius 3 is 2.37 bits per heavy atom. The van der Waals surface area contributed by atoms with Crippen LogP contribution in [-0.4, -0.2) is 67.6 Å². The number of carbonyl (C=O) groups is 1. The number of carbonyl (C=O) groups excluding carboxylic acids is 1. The van der Waals surface area contributed by atoms with Gasteiger partial charge in [-0.2, -0.15) is 4.98 Å². The predicted molar refractivity (Wildman–Crippen MR) is 163 cm³/mol. The van der Waals surface area contributed by atoms with Crippen LogP contribution < -0.4 is 10.6 Å². The number of hydrogen-bond donors (Lipinski definition) is 2. The molecular weight excluding hydrogens is 558 g/mol. The van der Waals surface area contributed by atoms with E-state index in [1.54, 1.807) is 44.4 Å². The zero-order chi connectivity index (χ0) is 32.0. The van der Waals surface area contributed by atoms with Crippen molar-refractivity contribution in [2.75, 3.05) is 24.5 Å². The molecule has 10 nitrogen and oxygen atoms in total. The lowest BCUT2D eigenvalue weighted by atomic mass is 10.0. The summed E-state index contributed by atoms with van der Waals surface area (Å²) in [6, 6.07) is 4.36. The van der Waals surface area contributed by atoms with Gasteiger partial charge in [-0.05, 0) is 65.7 Å². The Morgan fingerprint density at radius 2 is 1.81 bits per heavy atom. The lowest BCUT2D eigenvalue weighted by molar-refractivity contribution is 0.0218. The van der Waals surface area contributed by atoms with E-state index in [0.29, 0.717) is 5.57 Å². The Hall–Kier alpha value is -4.35. The van der Waals surface area contributed by atoms with Gasteiger partial charge >= 0.3 is 11.8 Å². The maximum Gasteiger partial charge on any atom is 0.410 e. The summed E-state index contributed by atoms with van der Waals surface area (Å²) in [5.74, 6) is -2.47. The van der Waals surface area contributed by atoms with Crippen molar-refractivity contribution in [2.24, 2.45) is 5.92 Å². The Bertz CT molecular complexity index is 1670. The van der Waals surface area contributed by atoms with Crippen molar-refractivity contribution in [3.8, 4) is 17.0 Å². The van der Waals surface area contributed by atoms with E-state index in [9.17, 15) is 19.1 Å². The highest BCUT2D eigenvalue weighted by Crippen LogP contribution is 2.36. The van der Waals surface area contributed by atoms with Crippen molar-refractivity contribution < 1.29 is 23.4 Å². The number of amides is 1. The Kier molecular flexibility index (Phi) is 8.62. The van der Waals surface area contributed by atoms with E-state index in [1.165, 1.54) is 12.1 Å². The van der Waals surface area contributed by atoms with Crippen LogP contribution in [0, 0.1) is 23.0 Å². The highest BCUT2D eigenvalue weighted by atomic mass is 19.1. The number of piperazine rings is 1. The minimum absolute atomic E-state index is 0.0441. The summed E-state index contributed by atoms with van der Waals surface area (Å²) in [4.78, 5) is 38.7. The van der Waals surface area contributed by atoms with Crippen LogP contribution in [0.4, 0.5) is 19.4 Å². The van der Waals surface area contributed by atoms with E-state index in [-0.39, 0.29) is 59.9 Å². The molecule has 0 aliphatic carbocycles. The number of aromatic nitrogens is 3. The van der Waals surface area contributed by atoms with E-state index in [0.717, 1.165) is 16.7 Å². The van der Waals surface area contributed by atoms with Crippen molar-refractivity contribution in [1.29, 1.82) is 5.41 Å². The zero-order valence-electron chi connectivity index (χ0n) is 25.7. The second-order valence-corrected chi connectivity index (χ2v) is 12.3. The van der Waals surface area contributed by atoms with Gasteiger partial charge in [-0.1, -0.05) is 25.5 Å². The SMILES string of the molecule is CC(C)=C(C(=N)C(C)C)n1c(=O)nc(N2CCN(C(=O)OC(C)(C)C)C[C@@H]2C)c2cc(F)c(-c3c(O)cccc3F)nc21. The fourth-order valence-corrected chi connectivity index (χ4v) is 5.10. The predicted octanol–water partition coefficient (Wildman–Crippen LogP) is 5.81. The molecule has 1 saturated heterocycles. The topological polar surface area (TPSA) is 125 Å². The number of halogens is 2. The fraction of sp³-hybridized carbons (Fsp3) is 0.452. The summed E-state index contributed by atoms with van der Waals surface area (Å²) >= 11 is 0. The number of benzene rings is 1. The number of rotatable bonds is 5. The molecular formula is C31H38F2N6O4. The molecule has 43 heavy (non-hydrogen) atoms. The molecule has 1 aliphatic heterocycles. The van der Waals surface area contributed by atoms with Crippen LogP contribution >= 0.6 is 0 Å². The van der Waals surface area contributed by atoms with Crippen LogP contribution in [0.25, 0.3) is 28.0 Å². The van der Waals surface area contributed by atoms with Gasteiger partial charge < -0.3 is 25.1 Å². The van der Waals surface area contributed by atoms with Crippen molar-refractivity contribution in [3.63, 3.8) is 0 Å². The highest BCUT2D eigenvalue weighted by molar-refractivity contribution is 6.19. The average molecular weight is 597 g/mol. The summed E-state index contributed by atoms with van der Waals surface area (Å²) < 4.78 is 37.4. The van der Waals surface area contributed by atoms with Crippen LogP contribution in [-0.2, 0) is 4.74 Å². The van der Waals surface area contributed by atoms with Gasteiger partial charge in [0.2, 0.25) is 0 Å². The molecule has 0 bridgehead atoms. The summed E-state index contributed by atoms with van der Waals surface area (Å²) in [7, 11) is 0. The number of anilines is 1. The zero-order valence-corrected chi connectivity index (χ0v) is 25.7. The lowest BCUT2D eigenvalue weighted by Crippen LogP contribution is -2.55. The summed E-state index contributed by atoms with van der Waals surface area (Å²) in [5, 5.41) is 19.4. The molecule has 0 spiro atoms. The van der Waals surface area contributed by atoms with Gasteiger partial charge in [-0.15, -0.1) is 0 Å². The molecule has 230 valence electrons. The second kappa shape index (κ2) is 11.7. The van der Waals surface area contributed by atoms with Gasteiger partial charge in [-0.3, -0.25) is 0 Å². The molecule has 1 aliphatic rings. The Balaban J connectivity index is 1.96. The van der Waals surface area contributed by atoms with E-state index in [1.807, 2.05) is 20.8 Å². The first-order valence-corrected chi connectivity index (χ1v) is 14.1. The maximum atomic E-state index is 15.8. The van der Waals surface area contributed by atoms with Crippen molar-refractivity contribution >= 4 is 34.4 Å². The minimum Gasteiger partial charge on any atom is -0.507 e. The number of hydrogen-bond acceptors (Lipinski definition) is 8. The molecule has 2 N–H and O–H groups in total. The number of pyridine rings is 1. The molecule has 1 fully saturated rings. The van der Waals surface area contributed by atoms with E-state index in [2.05, 4.69) is 9.97 Å². The number of phenolic OH excluding ortho intramolecular Hbond substituents is 1. The number of nitrogens with zero attached hydrogens (tertiary/aromatic N) is 5. The first-order valence-electron chi connectivity index (χ1n) is 14.1. The van der Waals surface area contributed by atoms with E-state index in [4.69, 9.17) is 10.1 Å². The monoisotopic (exact) mass is 596 g/mol. The second-order valence-electron chi connectivity index (χ2n) is 12.3. The molecule has 3 aromatic rings. The molecule has 3 heterocycles. The number of fused-ring (bicyclic) bond motifs is 1. The Morgan fingerprint density at radius 1 is 1.14 bits per heavy atom. The molecule has 1 aromatic carbocycles. The molecule has 2 aromatic heterocycles. The van der Waals surface area contributed by atoms with Gasteiger partial charge in [0, 0.05) is 25.7 Å². The number of allylic oxidation sites excluding steroid dienone is 2. The Labute approximate surface area is 249 Å². The molecule has 1 amide bonds. The van der Waals surface area contributed by atoms with Crippen LogP contribution in [0.5, 0.6) is 5.75 Å². The van der Waals surface area contributed by atoms with Crippen LogP contribution in [0.1, 0.15) is 55.4 Å². The average Bonchev–Trinajstić information content (AvgIpc) is 2.89. The fourth-order valence-electron chi connectivity index (χ4n) is 5.10. The largest absolute Gasteiger partial charge is 0.507 e. The van der Waals surface area contributed by atoms with E-state index >= 15 is 4.39 Å². The molecule has 12 heteroatoms. The van der Waals surface area contributed by atoms with Crippen molar-refractivity contribution in [2.45, 2.75) is 67.0 Å². The number of phenols is 1. The van der Waals surface area contributed by atoms with Gasteiger partial charge in [-0.25, -0.2) is 27.9 Å². The maximum absolute atomic E-state index is 15.8. The third-order valence-corrected chi connectivity index (χ3v) is 7.11. The summed E-state index contributed by atoms with van der Waals surface area (Å²) in [5.41, 5.74) is -1.40. The minimum atomic E-state index is -0.932. The lowest BCUT2D eigenvalue weighted by Gasteiger charge is -2.41. The van der Waals surface area contributed by atoms with Gasteiger partial charge in [0.1, 0.15) is 28.7 Å². The van der Waals surface area contributed by atoms with Crippen molar-refractivity contribution in [1.82, 2.24) is 19.4 Å². The summed E-state index contributed by atoms with van der Waals surface area (Å²) in [6.45, 7) is 15.1. The third kappa shape index (κ3) is 6.23. The standard InChI is InChI=1S/C31H38F2N6O4/c1-16(2)24(34)26(17(3)4)39-28-19(14-21(33)25(35-28)23-20(32)10-9-11-22(23)40)27(36-29(39)41)38-13-12-37(15-18(38)5)30(42)43-31(6,7)8/h9-11,14,16,18,34,40H,12-13,15H2,1-8H3/t18-/m0/s1. The molecule has 1 atom stereocenters. The molecule has 0 saturated carbocycles. The van der Waals surface area contributed by atoms with Gasteiger partial charge in [0.15, 0.2) is 11.5 Å². The van der Waals surface area contributed by atoms with Crippen LogP contribution in [0.3, 0.4) is 0 Å². The van der Waals surface area contributed by atoms with Gasteiger partial charge in [0.05, 0.1) is 22.4 Å².